The first kappa shape index (κ1) is 16.6. The molecule has 118 valence electrons. The molecule has 2 nitrogen and oxygen atoms in total. The van der Waals surface area contributed by atoms with E-state index in [1.165, 1.54) is 16.8 Å². The molecule has 1 atom stereocenters. The lowest BCUT2D eigenvalue weighted by molar-refractivity contribution is -0.130. The van der Waals surface area contributed by atoms with Gasteiger partial charge in [-0.05, 0) is 31.0 Å². The van der Waals surface area contributed by atoms with Crippen molar-refractivity contribution in [1.82, 2.24) is 4.90 Å². The summed E-state index contributed by atoms with van der Waals surface area (Å²) in [7, 11) is 0. The maximum atomic E-state index is 12.6. The van der Waals surface area contributed by atoms with Gasteiger partial charge in [0, 0.05) is 38.4 Å². The van der Waals surface area contributed by atoms with Gasteiger partial charge in [0.15, 0.2) is 0 Å². The van der Waals surface area contributed by atoms with E-state index in [0.717, 1.165) is 13.1 Å². The molecule has 2 rings (SSSR count). The Bertz CT molecular complexity index is 482. The Hall–Kier alpha value is -0.750. The van der Waals surface area contributed by atoms with Crippen LogP contribution in [0.25, 0.3) is 0 Å². The van der Waals surface area contributed by atoms with Crippen LogP contribution in [0.15, 0.2) is 18.2 Å². The van der Waals surface area contributed by atoms with E-state index >= 15 is 0 Å². The Balaban J connectivity index is 1.93. The third-order valence-corrected chi connectivity index (χ3v) is 4.87. The molecular formula is C15H20BrF3N2. The number of nitrogens with zero attached hydrogens (tertiary/aromatic N) is 2. The molecule has 1 heterocycles. The van der Waals surface area contributed by atoms with Gasteiger partial charge in [-0.3, -0.25) is 4.90 Å². The predicted octanol–water partition coefficient (Wildman–Crippen LogP) is 3.75. The van der Waals surface area contributed by atoms with Crippen molar-refractivity contribution in [3.63, 3.8) is 0 Å². The zero-order chi connectivity index (χ0) is 15.6. The summed E-state index contributed by atoms with van der Waals surface area (Å²) in [5, 5.41) is 0. The van der Waals surface area contributed by atoms with Crippen LogP contribution >= 0.6 is 15.9 Å². The minimum atomic E-state index is -4.18. The van der Waals surface area contributed by atoms with Gasteiger partial charge in [-0.1, -0.05) is 28.1 Å². The first-order valence-corrected chi connectivity index (χ1v) is 7.95. The van der Waals surface area contributed by atoms with Crippen LogP contribution in [0, 0.1) is 13.8 Å². The molecule has 0 radical (unpaired) electrons. The van der Waals surface area contributed by atoms with Gasteiger partial charge in [0.05, 0.1) is 0 Å². The van der Waals surface area contributed by atoms with Gasteiger partial charge in [-0.25, -0.2) is 0 Å². The highest BCUT2D eigenvalue weighted by Crippen LogP contribution is 2.28. The first-order chi connectivity index (χ1) is 9.79. The lowest BCUT2D eigenvalue weighted by Crippen LogP contribution is -2.49. The molecule has 0 aliphatic carbocycles. The van der Waals surface area contributed by atoms with E-state index in [1.54, 1.807) is 0 Å². The average molecular weight is 365 g/mol. The molecule has 0 N–H and O–H groups in total. The minimum Gasteiger partial charge on any atom is -0.369 e. The van der Waals surface area contributed by atoms with Crippen LogP contribution in [0.4, 0.5) is 18.9 Å². The summed E-state index contributed by atoms with van der Waals surface area (Å²) >= 11 is 2.73. The Morgan fingerprint density at radius 2 is 1.76 bits per heavy atom. The standard InChI is InChI=1S/C15H20BrF3N2/c1-11-4-3-5-13(12(11)2)21-8-6-20(7-9-21)10-14(16)15(17,18)19/h3-5,14H,6-10H2,1-2H3. The van der Waals surface area contributed by atoms with Gasteiger partial charge in [-0.15, -0.1) is 0 Å². The highest BCUT2D eigenvalue weighted by molar-refractivity contribution is 9.09. The highest BCUT2D eigenvalue weighted by Gasteiger charge is 2.39. The second kappa shape index (κ2) is 6.57. The quantitative estimate of drug-likeness (QED) is 0.753. The van der Waals surface area contributed by atoms with E-state index < -0.39 is 11.0 Å². The van der Waals surface area contributed by atoms with Gasteiger partial charge < -0.3 is 4.90 Å². The molecule has 1 unspecified atom stereocenters. The molecule has 1 aliphatic rings. The second-order valence-electron chi connectivity index (χ2n) is 5.52. The van der Waals surface area contributed by atoms with Crippen LogP contribution in [-0.2, 0) is 0 Å². The van der Waals surface area contributed by atoms with Crippen LogP contribution in [0.3, 0.4) is 0 Å². The van der Waals surface area contributed by atoms with Crippen molar-refractivity contribution >= 4 is 21.6 Å². The Labute approximate surface area is 132 Å². The predicted molar refractivity (Wildman–Crippen MR) is 83.3 cm³/mol. The first-order valence-electron chi connectivity index (χ1n) is 7.03. The molecule has 6 heteroatoms. The van der Waals surface area contributed by atoms with E-state index in [4.69, 9.17) is 0 Å². The van der Waals surface area contributed by atoms with Crippen molar-refractivity contribution in [3.8, 4) is 0 Å². The Morgan fingerprint density at radius 1 is 1.14 bits per heavy atom. The molecule has 0 aromatic heterocycles. The van der Waals surface area contributed by atoms with Crippen LogP contribution in [-0.4, -0.2) is 48.6 Å². The van der Waals surface area contributed by atoms with Crippen molar-refractivity contribution in [1.29, 1.82) is 0 Å². The van der Waals surface area contributed by atoms with Gasteiger partial charge in [0.2, 0.25) is 0 Å². The minimum absolute atomic E-state index is 0.0180. The van der Waals surface area contributed by atoms with Gasteiger partial charge >= 0.3 is 6.18 Å². The van der Waals surface area contributed by atoms with Crippen LogP contribution in [0.5, 0.6) is 0 Å². The maximum Gasteiger partial charge on any atom is 0.402 e. The molecule has 0 saturated carbocycles. The molecule has 0 spiro atoms. The van der Waals surface area contributed by atoms with Crippen LogP contribution in [0.2, 0.25) is 0 Å². The van der Waals surface area contributed by atoms with Gasteiger partial charge in [-0.2, -0.15) is 13.2 Å². The van der Waals surface area contributed by atoms with Gasteiger partial charge in [0.1, 0.15) is 4.83 Å². The van der Waals surface area contributed by atoms with Crippen LogP contribution in [0.1, 0.15) is 11.1 Å². The third-order valence-electron chi connectivity index (χ3n) is 4.06. The number of rotatable bonds is 3. The summed E-state index contributed by atoms with van der Waals surface area (Å²) in [5.41, 5.74) is 3.69. The van der Waals surface area contributed by atoms with Crippen molar-refractivity contribution in [2.45, 2.75) is 24.9 Å². The number of aryl methyl sites for hydroxylation is 1. The van der Waals surface area contributed by atoms with Crippen molar-refractivity contribution in [3.05, 3.63) is 29.3 Å². The molecule has 1 aromatic rings. The number of anilines is 1. The number of hydrogen-bond donors (Lipinski definition) is 0. The normalized spacial score (nSPS) is 18.9. The third kappa shape index (κ3) is 4.13. The van der Waals surface area contributed by atoms with E-state index in [2.05, 4.69) is 46.8 Å². The molecule has 0 amide bonds. The fourth-order valence-electron chi connectivity index (χ4n) is 2.58. The zero-order valence-corrected chi connectivity index (χ0v) is 13.8. The lowest BCUT2D eigenvalue weighted by atomic mass is 10.1. The van der Waals surface area contributed by atoms with E-state index in [1.807, 2.05) is 11.0 Å². The smallest absolute Gasteiger partial charge is 0.369 e. The van der Waals surface area contributed by atoms with E-state index in [-0.39, 0.29) is 6.54 Å². The van der Waals surface area contributed by atoms with Gasteiger partial charge in [0.25, 0.3) is 0 Å². The summed E-state index contributed by atoms with van der Waals surface area (Å²) in [6, 6.07) is 6.19. The highest BCUT2D eigenvalue weighted by atomic mass is 79.9. The fourth-order valence-corrected chi connectivity index (χ4v) is 2.99. The molecule has 1 fully saturated rings. The Morgan fingerprint density at radius 3 is 2.33 bits per heavy atom. The molecule has 1 aliphatic heterocycles. The molecule has 1 saturated heterocycles. The molecular weight excluding hydrogens is 345 g/mol. The second-order valence-corrected chi connectivity index (χ2v) is 6.62. The summed E-state index contributed by atoms with van der Waals surface area (Å²) in [4.78, 5) is 2.68. The molecule has 21 heavy (non-hydrogen) atoms. The lowest BCUT2D eigenvalue weighted by Gasteiger charge is -2.37. The zero-order valence-electron chi connectivity index (χ0n) is 12.3. The van der Waals surface area contributed by atoms with Crippen molar-refractivity contribution < 1.29 is 13.2 Å². The number of hydrogen-bond acceptors (Lipinski definition) is 2. The van der Waals surface area contributed by atoms with Crippen molar-refractivity contribution in [2.75, 3.05) is 37.6 Å². The topological polar surface area (TPSA) is 6.48 Å². The average Bonchev–Trinajstić information content (AvgIpc) is 2.42. The van der Waals surface area contributed by atoms with Crippen molar-refractivity contribution in [2.24, 2.45) is 0 Å². The molecule has 0 bridgehead atoms. The molecule has 1 aromatic carbocycles. The number of alkyl halides is 4. The SMILES string of the molecule is Cc1cccc(N2CCN(CC(Br)C(F)(F)F)CC2)c1C. The number of halogens is 4. The summed E-state index contributed by atoms with van der Waals surface area (Å²) in [5.74, 6) is 0. The number of benzene rings is 1. The van der Waals surface area contributed by atoms with Crippen LogP contribution < -0.4 is 4.90 Å². The summed E-state index contributed by atoms with van der Waals surface area (Å²) in [6.45, 7) is 7.04. The van der Waals surface area contributed by atoms with E-state index in [0.29, 0.717) is 13.1 Å². The van der Waals surface area contributed by atoms with E-state index in [9.17, 15) is 13.2 Å². The fraction of sp³-hybridized carbons (Fsp3) is 0.600. The monoisotopic (exact) mass is 364 g/mol. The summed E-state index contributed by atoms with van der Waals surface area (Å²) in [6.07, 6.45) is -4.18. The maximum absolute atomic E-state index is 12.6. The summed E-state index contributed by atoms with van der Waals surface area (Å²) < 4.78 is 37.7. The largest absolute Gasteiger partial charge is 0.402 e. The Kier molecular flexibility index (Phi) is 5.20. The number of piperazine rings is 1.